The van der Waals surface area contributed by atoms with E-state index in [1.807, 2.05) is 32.0 Å². The molecule has 6 heteroatoms. The molecule has 0 saturated heterocycles. The lowest BCUT2D eigenvalue weighted by atomic mass is 10.0. The molecule has 1 aliphatic carbocycles. The van der Waals surface area contributed by atoms with Gasteiger partial charge in [-0.15, -0.1) is 0 Å². The first-order valence-corrected chi connectivity index (χ1v) is 10.2. The third kappa shape index (κ3) is 4.17. The first kappa shape index (κ1) is 21.4. The van der Waals surface area contributed by atoms with Crippen LogP contribution in [0.15, 0.2) is 36.4 Å². The molecule has 1 aliphatic rings. The SMILES string of the molecule is CC.COc1ccc(CNc2nc3ccc(C(=O)O)cc3c3c2CCC3)c(OC)c1. The lowest BCUT2D eigenvalue weighted by molar-refractivity contribution is 0.0697. The predicted octanol–water partition coefficient (Wildman–Crippen LogP) is 5.08. The Balaban J connectivity index is 0.00000124. The minimum Gasteiger partial charge on any atom is -0.497 e. The highest BCUT2D eigenvalue weighted by Gasteiger charge is 2.21. The first-order chi connectivity index (χ1) is 14.6. The van der Waals surface area contributed by atoms with Crippen LogP contribution >= 0.6 is 0 Å². The summed E-state index contributed by atoms with van der Waals surface area (Å²) in [5.74, 6) is 1.46. The highest BCUT2D eigenvalue weighted by Crippen LogP contribution is 2.35. The molecular weight excluding hydrogens is 380 g/mol. The zero-order valence-corrected chi connectivity index (χ0v) is 17.9. The molecular formula is C24H28N2O4. The van der Waals surface area contributed by atoms with Crippen LogP contribution in [0.25, 0.3) is 10.9 Å². The lowest BCUT2D eigenvalue weighted by Crippen LogP contribution is -2.07. The second-order valence-corrected chi connectivity index (χ2v) is 6.84. The molecule has 0 fully saturated rings. The van der Waals surface area contributed by atoms with Crippen molar-refractivity contribution >= 4 is 22.7 Å². The first-order valence-electron chi connectivity index (χ1n) is 10.2. The second kappa shape index (κ2) is 9.48. The van der Waals surface area contributed by atoms with Crippen LogP contribution in [0.2, 0.25) is 0 Å². The van der Waals surface area contributed by atoms with Crippen LogP contribution in [0, 0.1) is 0 Å². The molecule has 0 spiro atoms. The van der Waals surface area contributed by atoms with E-state index in [1.165, 1.54) is 11.1 Å². The van der Waals surface area contributed by atoms with E-state index in [1.54, 1.807) is 32.4 Å². The predicted molar refractivity (Wildman–Crippen MR) is 119 cm³/mol. The minimum absolute atomic E-state index is 0.298. The summed E-state index contributed by atoms with van der Waals surface area (Å²) < 4.78 is 10.7. The van der Waals surface area contributed by atoms with Gasteiger partial charge < -0.3 is 19.9 Å². The van der Waals surface area contributed by atoms with Gasteiger partial charge in [-0.2, -0.15) is 0 Å². The lowest BCUT2D eigenvalue weighted by Gasteiger charge is -2.15. The number of aryl methyl sites for hydroxylation is 1. The Hall–Kier alpha value is -3.28. The van der Waals surface area contributed by atoms with Gasteiger partial charge in [-0.3, -0.25) is 0 Å². The number of carboxylic acid groups (broad SMARTS) is 1. The summed E-state index contributed by atoms with van der Waals surface area (Å²) in [6.45, 7) is 4.57. The van der Waals surface area contributed by atoms with Crippen LogP contribution in [0.4, 0.5) is 5.82 Å². The number of hydrogen-bond acceptors (Lipinski definition) is 5. The second-order valence-electron chi connectivity index (χ2n) is 6.84. The molecule has 30 heavy (non-hydrogen) atoms. The summed E-state index contributed by atoms with van der Waals surface area (Å²) >= 11 is 0. The highest BCUT2D eigenvalue weighted by atomic mass is 16.5. The summed E-state index contributed by atoms with van der Waals surface area (Å²) in [6, 6.07) is 10.9. The average Bonchev–Trinajstić information content (AvgIpc) is 3.29. The number of carboxylic acids is 1. The largest absolute Gasteiger partial charge is 0.497 e. The van der Waals surface area contributed by atoms with Crippen LogP contribution in [0.1, 0.15) is 47.3 Å². The fourth-order valence-electron chi connectivity index (χ4n) is 3.82. The fraction of sp³-hybridized carbons (Fsp3) is 0.333. The van der Waals surface area contributed by atoms with Crippen LogP contribution in [-0.2, 0) is 19.4 Å². The van der Waals surface area contributed by atoms with Gasteiger partial charge in [0.1, 0.15) is 17.3 Å². The number of nitrogens with one attached hydrogen (secondary N) is 1. The molecule has 6 nitrogen and oxygen atoms in total. The number of ether oxygens (including phenoxy) is 2. The van der Waals surface area contributed by atoms with Crippen molar-refractivity contribution in [3.8, 4) is 11.5 Å². The summed E-state index contributed by atoms with van der Waals surface area (Å²) in [4.78, 5) is 16.1. The van der Waals surface area contributed by atoms with Gasteiger partial charge in [-0.05, 0) is 60.7 Å². The van der Waals surface area contributed by atoms with E-state index < -0.39 is 5.97 Å². The summed E-state index contributed by atoms with van der Waals surface area (Å²) in [7, 11) is 3.27. The Kier molecular flexibility index (Phi) is 6.77. The quantitative estimate of drug-likeness (QED) is 0.592. The highest BCUT2D eigenvalue weighted by molar-refractivity contribution is 5.95. The number of hydrogen-bond donors (Lipinski definition) is 2. The van der Waals surface area contributed by atoms with Crippen LogP contribution < -0.4 is 14.8 Å². The van der Waals surface area contributed by atoms with Gasteiger partial charge in [-0.25, -0.2) is 9.78 Å². The normalized spacial score (nSPS) is 12.0. The molecule has 2 aromatic carbocycles. The monoisotopic (exact) mass is 408 g/mol. The maximum atomic E-state index is 11.3. The van der Waals surface area contributed by atoms with Gasteiger partial charge >= 0.3 is 5.97 Å². The Morgan fingerprint density at radius 3 is 2.53 bits per heavy atom. The molecule has 158 valence electrons. The maximum Gasteiger partial charge on any atom is 0.335 e. The third-order valence-electron chi connectivity index (χ3n) is 5.25. The van der Waals surface area contributed by atoms with Crippen LogP contribution in [0.5, 0.6) is 11.5 Å². The zero-order chi connectivity index (χ0) is 21.7. The molecule has 0 aliphatic heterocycles. The number of aromatic carboxylic acids is 1. The number of rotatable bonds is 6. The standard InChI is InChI=1S/C22H22N2O4.C2H6/c1-27-15-8-6-14(20(11-15)28-2)12-23-21-17-5-3-4-16(17)18-10-13(22(25)26)7-9-19(18)24-21;1-2/h6-11H,3-5,12H2,1-2H3,(H,23,24)(H,25,26);1-2H3. The molecule has 1 aromatic heterocycles. The van der Waals surface area contributed by atoms with E-state index in [2.05, 4.69) is 5.32 Å². The minimum atomic E-state index is -0.914. The molecule has 4 rings (SSSR count). The van der Waals surface area contributed by atoms with Gasteiger partial charge in [-0.1, -0.05) is 13.8 Å². The number of pyridine rings is 1. The summed E-state index contributed by atoms with van der Waals surface area (Å²) in [5.41, 5.74) is 4.51. The topological polar surface area (TPSA) is 80.7 Å². The van der Waals surface area contributed by atoms with Gasteiger partial charge in [0, 0.05) is 23.6 Å². The molecule has 0 unspecified atom stereocenters. The molecule has 0 radical (unpaired) electrons. The van der Waals surface area contributed by atoms with Crippen molar-refractivity contribution in [1.82, 2.24) is 4.98 Å². The molecule has 2 N–H and O–H groups in total. The Labute approximate surface area is 176 Å². The zero-order valence-electron chi connectivity index (χ0n) is 17.9. The van der Waals surface area contributed by atoms with Crippen molar-refractivity contribution in [3.05, 3.63) is 58.7 Å². The Morgan fingerprint density at radius 2 is 1.83 bits per heavy atom. The van der Waals surface area contributed by atoms with Crippen molar-refractivity contribution in [1.29, 1.82) is 0 Å². The van der Waals surface area contributed by atoms with E-state index in [9.17, 15) is 9.90 Å². The van der Waals surface area contributed by atoms with Crippen LogP contribution in [-0.4, -0.2) is 30.3 Å². The number of aromatic nitrogens is 1. The Morgan fingerprint density at radius 1 is 1.07 bits per heavy atom. The number of benzene rings is 2. The maximum absolute atomic E-state index is 11.3. The van der Waals surface area contributed by atoms with Gasteiger partial charge in [0.25, 0.3) is 0 Å². The number of methoxy groups -OCH3 is 2. The van der Waals surface area contributed by atoms with E-state index in [-0.39, 0.29) is 0 Å². The van der Waals surface area contributed by atoms with Crippen molar-refractivity contribution in [2.24, 2.45) is 0 Å². The van der Waals surface area contributed by atoms with Gasteiger partial charge in [0.2, 0.25) is 0 Å². The van der Waals surface area contributed by atoms with Crippen molar-refractivity contribution in [2.45, 2.75) is 39.7 Å². The summed E-state index contributed by atoms with van der Waals surface area (Å²) in [6.07, 6.45) is 2.93. The van der Waals surface area contributed by atoms with Gasteiger partial charge in [0.15, 0.2) is 0 Å². The van der Waals surface area contributed by atoms with Gasteiger partial charge in [0.05, 0.1) is 25.3 Å². The van der Waals surface area contributed by atoms with Crippen LogP contribution in [0.3, 0.4) is 0 Å². The third-order valence-corrected chi connectivity index (χ3v) is 5.25. The number of carbonyl (C=O) groups is 1. The molecule has 3 aromatic rings. The fourth-order valence-corrected chi connectivity index (χ4v) is 3.82. The number of nitrogens with zero attached hydrogens (tertiary/aromatic N) is 1. The van der Waals surface area contributed by atoms with Crippen molar-refractivity contribution in [3.63, 3.8) is 0 Å². The van der Waals surface area contributed by atoms with Crippen molar-refractivity contribution < 1.29 is 19.4 Å². The number of fused-ring (bicyclic) bond motifs is 3. The van der Waals surface area contributed by atoms with E-state index >= 15 is 0 Å². The molecule has 0 saturated carbocycles. The molecule has 0 amide bonds. The van der Waals surface area contributed by atoms with Crippen molar-refractivity contribution in [2.75, 3.05) is 19.5 Å². The van der Waals surface area contributed by atoms with E-state index in [0.29, 0.717) is 12.1 Å². The van der Waals surface area contributed by atoms with E-state index in [4.69, 9.17) is 14.5 Å². The van der Waals surface area contributed by atoms with E-state index in [0.717, 1.165) is 53.0 Å². The molecule has 1 heterocycles. The Bertz CT molecular complexity index is 1060. The molecule has 0 atom stereocenters. The molecule has 0 bridgehead atoms. The summed E-state index contributed by atoms with van der Waals surface area (Å²) in [5, 5.41) is 13.7. The smallest absolute Gasteiger partial charge is 0.335 e. The number of anilines is 1. The average molecular weight is 408 g/mol.